The molecule has 29 heteroatoms. The number of unbranched alkanes of at least 4 members (excludes halogenated alkanes) is 1. The van der Waals surface area contributed by atoms with Gasteiger partial charge in [0.05, 0.1) is 51.6 Å². The van der Waals surface area contributed by atoms with Crippen LogP contribution in [0.25, 0.3) is 0 Å². The molecule has 1 aliphatic heterocycles. The zero-order valence-electron chi connectivity index (χ0n) is 37.6. The molecule has 68 heavy (non-hydrogen) atoms. The molecule has 0 unspecified atom stereocenters. The van der Waals surface area contributed by atoms with Crippen molar-refractivity contribution >= 4 is 59.6 Å². The molecular formula is C39H63N11O18. The van der Waals surface area contributed by atoms with Gasteiger partial charge in [0, 0.05) is 90.9 Å². The first-order valence-electron chi connectivity index (χ1n) is 21.7. The van der Waals surface area contributed by atoms with Crippen LogP contribution in [0, 0.1) is 0 Å². The van der Waals surface area contributed by atoms with Crippen LogP contribution in [0.5, 0.6) is 0 Å². The summed E-state index contributed by atoms with van der Waals surface area (Å²) in [4.78, 5) is 126. The molecule has 0 saturated carbocycles. The van der Waals surface area contributed by atoms with E-state index in [0.29, 0.717) is 5.69 Å². The van der Waals surface area contributed by atoms with Gasteiger partial charge in [-0.3, -0.25) is 53.2 Å². The highest BCUT2D eigenvalue weighted by Crippen LogP contribution is 2.08. The summed E-state index contributed by atoms with van der Waals surface area (Å²) in [6, 6.07) is -4.18. The summed E-state index contributed by atoms with van der Waals surface area (Å²) in [7, 11) is 0. The minimum atomic E-state index is -1.58. The van der Waals surface area contributed by atoms with E-state index in [0.717, 1.165) is 4.90 Å². The minimum absolute atomic E-state index is 0.0543. The second-order valence-electron chi connectivity index (χ2n) is 15.8. The maximum absolute atomic E-state index is 13.0. The lowest BCUT2D eigenvalue weighted by atomic mass is 10.1. The Morgan fingerprint density at radius 3 is 1.59 bits per heavy atom. The van der Waals surface area contributed by atoms with Crippen molar-refractivity contribution in [2.24, 2.45) is 0 Å². The average molecular weight is 974 g/mol. The van der Waals surface area contributed by atoms with Gasteiger partial charge in [0.1, 0.15) is 18.6 Å². The molecule has 1 aromatic heterocycles. The fourth-order valence-corrected chi connectivity index (χ4v) is 6.77. The topological polar surface area (TPSA) is 405 Å². The standard InChI is InChI=1S/C39H63N11O18/c51-30(22-45-10-12-46(23-33(55)56)14-16-48(25-35(59)60)17-15-47(13-11-45)24-34(57)58)40-8-19-68-20-18-50-21-27(43-44-50)4-6-31(52)49(26-36(61)62)9-2-1-3-28(37(63)64)41-39(67)42-29(38(65)66)5-7-32(53)54/h21,28-29H,1-20,22-26H2,(H,40,51)(H,53,54)(H,55,56)(H,57,58)(H,59,60)(H,61,62)(H,63,64)(H,65,66)(H2,41,42,67)/t28-,29-/m0/s1. The number of aryl methyl sites for hydroxylation is 1. The molecule has 0 bridgehead atoms. The summed E-state index contributed by atoms with van der Waals surface area (Å²) in [5, 5.41) is 80.0. The SMILES string of the molecule is O=C(O)CC[C@H](NC(=O)N[C@@H](CCCCN(CC(=O)O)C(=O)CCc1cn(CCOCCNC(=O)CN2CCN(CC(=O)O)CCN(CC(=O)O)CCN(CC(=O)O)CC2)nn1)C(=O)O)C(=O)O. The summed E-state index contributed by atoms with van der Waals surface area (Å²) in [5.41, 5.74) is 0.432. The van der Waals surface area contributed by atoms with Crippen LogP contribution in [0.3, 0.4) is 0 Å². The van der Waals surface area contributed by atoms with Gasteiger partial charge in [0.25, 0.3) is 0 Å². The predicted octanol–water partition coefficient (Wildman–Crippen LogP) is -4.03. The number of ether oxygens (including phenoxy) is 1. The Bertz CT molecular complexity index is 1820. The van der Waals surface area contributed by atoms with E-state index in [2.05, 4.69) is 20.9 Å². The van der Waals surface area contributed by atoms with Crippen molar-refractivity contribution in [3.63, 3.8) is 0 Å². The van der Waals surface area contributed by atoms with Crippen molar-refractivity contribution in [1.29, 1.82) is 0 Å². The van der Waals surface area contributed by atoms with Crippen LogP contribution in [-0.4, -0.2) is 258 Å². The van der Waals surface area contributed by atoms with Crippen LogP contribution >= 0.6 is 0 Å². The molecule has 29 nitrogen and oxygen atoms in total. The Hall–Kier alpha value is -6.56. The number of carboxylic acid groups (broad SMARTS) is 7. The number of nitrogens with zero attached hydrogens (tertiary/aromatic N) is 8. The van der Waals surface area contributed by atoms with E-state index in [1.54, 1.807) is 25.8 Å². The van der Waals surface area contributed by atoms with Gasteiger partial charge >= 0.3 is 47.8 Å². The van der Waals surface area contributed by atoms with E-state index < -0.39 is 85.2 Å². The number of urea groups is 1. The number of carboxylic acids is 7. The monoisotopic (exact) mass is 973 g/mol. The smallest absolute Gasteiger partial charge is 0.326 e. The molecule has 1 aromatic rings. The van der Waals surface area contributed by atoms with Crippen LogP contribution in [0.1, 0.15) is 44.2 Å². The largest absolute Gasteiger partial charge is 0.481 e. The quantitative estimate of drug-likeness (QED) is 0.0317. The highest BCUT2D eigenvalue weighted by molar-refractivity contribution is 5.86. The Labute approximate surface area is 389 Å². The molecular weight excluding hydrogens is 910 g/mol. The van der Waals surface area contributed by atoms with Gasteiger partial charge in [-0.1, -0.05) is 5.21 Å². The average Bonchev–Trinajstić information content (AvgIpc) is 3.70. The molecule has 2 rings (SSSR count). The van der Waals surface area contributed by atoms with E-state index in [-0.39, 0.29) is 149 Å². The van der Waals surface area contributed by atoms with E-state index in [1.807, 2.05) is 5.32 Å². The normalized spacial score (nSPS) is 15.4. The predicted molar refractivity (Wildman–Crippen MR) is 230 cm³/mol. The van der Waals surface area contributed by atoms with E-state index >= 15 is 0 Å². The Kier molecular flexibility index (Phi) is 26.6. The molecule has 1 fully saturated rings. The molecule has 0 aromatic carbocycles. The summed E-state index contributed by atoms with van der Waals surface area (Å²) < 4.78 is 7.09. The number of carbonyl (C=O) groups is 10. The van der Waals surface area contributed by atoms with Crippen molar-refractivity contribution in [1.82, 2.24) is 55.4 Å². The van der Waals surface area contributed by atoms with E-state index in [4.69, 9.17) is 9.84 Å². The molecule has 0 aliphatic carbocycles. The third kappa shape index (κ3) is 26.0. The van der Waals surface area contributed by atoms with Gasteiger partial charge < -0.3 is 61.3 Å². The van der Waals surface area contributed by atoms with Crippen molar-refractivity contribution in [3.05, 3.63) is 11.9 Å². The Morgan fingerprint density at radius 1 is 0.618 bits per heavy atom. The van der Waals surface area contributed by atoms with Crippen LogP contribution < -0.4 is 16.0 Å². The molecule has 2 atom stereocenters. The fourth-order valence-electron chi connectivity index (χ4n) is 6.77. The summed E-state index contributed by atoms with van der Waals surface area (Å²) in [5.74, 6) is -9.55. The molecule has 0 radical (unpaired) electrons. The summed E-state index contributed by atoms with van der Waals surface area (Å²) >= 11 is 0. The molecule has 4 amide bonds. The van der Waals surface area contributed by atoms with Crippen LogP contribution in [-0.2, 0) is 60.9 Å². The molecule has 10 N–H and O–H groups in total. The number of aliphatic carboxylic acids is 7. The highest BCUT2D eigenvalue weighted by atomic mass is 16.5. The Morgan fingerprint density at radius 2 is 1.12 bits per heavy atom. The van der Waals surface area contributed by atoms with Crippen LogP contribution in [0.2, 0.25) is 0 Å². The third-order valence-electron chi connectivity index (χ3n) is 10.3. The van der Waals surface area contributed by atoms with Gasteiger partial charge in [0.2, 0.25) is 11.8 Å². The van der Waals surface area contributed by atoms with Crippen molar-refractivity contribution in [2.75, 3.05) is 111 Å². The zero-order chi connectivity index (χ0) is 50.6. The third-order valence-corrected chi connectivity index (χ3v) is 10.3. The first-order valence-corrected chi connectivity index (χ1v) is 21.7. The summed E-state index contributed by atoms with van der Waals surface area (Å²) in [6.45, 7) is 1.21. The number of aromatic nitrogens is 3. The molecule has 1 aliphatic rings. The molecule has 2 heterocycles. The highest BCUT2D eigenvalue weighted by Gasteiger charge is 2.26. The van der Waals surface area contributed by atoms with Crippen molar-refractivity contribution < 1.29 is 88.4 Å². The van der Waals surface area contributed by atoms with Crippen molar-refractivity contribution in [3.8, 4) is 0 Å². The fraction of sp³-hybridized carbons (Fsp3) is 0.692. The maximum atomic E-state index is 13.0. The number of carbonyl (C=O) groups excluding carboxylic acids is 3. The molecule has 0 spiro atoms. The maximum Gasteiger partial charge on any atom is 0.326 e. The first kappa shape index (κ1) is 57.6. The lowest BCUT2D eigenvalue weighted by molar-refractivity contribution is -0.144. The number of rotatable bonds is 31. The van der Waals surface area contributed by atoms with E-state index in [1.165, 1.54) is 4.68 Å². The number of hydrogen-bond donors (Lipinski definition) is 10. The number of nitrogens with one attached hydrogen (secondary N) is 3. The lowest BCUT2D eigenvalue weighted by Crippen LogP contribution is -2.51. The molecule has 1 saturated heterocycles. The van der Waals surface area contributed by atoms with E-state index in [9.17, 15) is 78.6 Å². The number of amides is 4. The van der Waals surface area contributed by atoms with Crippen LogP contribution in [0.15, 0.2) is 6.20 Å². The minimum Gasteiger partial charge on any atom is -0.481 e. The van der Waals surface area contributed by atoms with Crippen molar-refractivity contribution in [2.45, 2.75) is 63.6 Å². The molecule has 382 valence electrons. The number of hydrogen-bond acceptors (Lipinski definition) is 17. The van der Waals surface area contributed by atoms with Gasteiger partial charge in [-0.15, -0.1) is 5.10 Å². The Balaban J connectivity index is 1.80. The van der Waals surface area contributed by atoms with Crippen LogP contribution in [0.4, 0.5) is 4.79 Å². The second-order valence-corrected chi connectivity index (χ2v) is 15.8. The zero-order valence-corrected chi connectivity index (χ0v) is 37.6. The summed E-state index contributed by atoms with van der Waals surface area (Å²) in [6.07, 6.45) is 0.713. The van der Waals surface area contributed by atoms with Gasteiger partial charge in [-0.25, -0.2) is 19.1 Å². The van der Waals surface area contributed by atoms with Gasteiger partial charge in [-0.2, -0.15) is 0 Å². The second kappa shape index (κ2) is 31.4. The van der Waals surface area contributed by atoms with Gasteiger partial charge in [-0.05, 0) is 25.7 Å². The lowest BCUT2D eigenvalue weighted by Gasteiger charge is -2.32. The first-order chi connectivity index (χ1) is 32.2. The van der Waals surface area contributed by atoms with Gasteiger partial charge in [0.15, 0.2) is 0 Å².